The van der Waals surface area contributed by atoms with Crippen molar-refractivity contribution in [2.24, 2.45) is 5.41 Å². The molecule has 4 nitrogen and oxygen atoms in total. The standard InChI is InChI=1S/C12H19N3OS/c1-12(3-5-16-6-4-12)8-13-10-7-11(17-2)15-9-14-10/h7,9H,3-6,8H2,1-2H3,(H,13,14,15). The van der Waals surface area contributed by atoms with Gasteiger partial charge in [0.25, 0.3) is 0 Å². The maximum absolute atomic E-state index is 5.40. The summed E-state index contributed by atoms with van der Waals surface area (Å²) in [5.74, 6) is 0.914. The maximum Gasteiger partial charge on any atom is 0.130 e. The first-order chi connectivity index (χ1) is 8.22. The number of hydrogen-bond donors (Lipinski definition) is 1. The molecule has 0 spiro atoms. The van der Waals surface area contributed by atoms with Crippen molar-refractivity contribution in [3.63, 3.8) is 0 Å². The lowest BCUT2D eigenvalue weighted by Gasteiger charge is -2.33. The lowest BCUT2D eigenvalue weighted by atomic mass is 9.82. The molecule has 1 saturated heterocycles. The molecular weight excluding hydrogens is 234 g/mol. The van der Waals surface area contributed by atoms with E-state index in [0.717, 1.165) is 43.4 Å². The van der Waals surface area contributed by atoms with E-state index in [9.17, 15) is 0 Å². The fraction of sp³-hybridized carbons (Fsp3) is 0.667. The molecular formula is C12H19N3OS. The summed E-state index contributed by atoms with van der Waals surface area (Å²) in [6.45, 7) is 5.00. The number of aromatic nitrogens is 2. The van der Waals surface area contributed by atoms with Gasteiger partial charge < -0.3 is 10.1 Å². The smallest absolute Gasteiger partial charge is 0.130 e. The van der Waals surface area contributed by atoms with Gasteiger partial charge in [0.05, 0.1) is 0 Å². The van der Waals surface area contributed by atoms with E-state index in [4.69, 9.17) is 4.74 Å². The SMILES string of the molecule is CSc1cc(NCC2(C)CCOCC2)ncn1. The Hall–Kier alpha value is -0.810. The van der Waals surface area contributed by atoms with Crippen LogP contribution in [0.3, 0.4) is 0 Å². The predicted octanol–water partition coefficient (Wildman–Crippen LogP) is 2.43. The van der Waals surface area contributed by atoms with Crippen LogP contribution in [0, 0.1) is 5.41 Å². The molecule has 0 unspecified atom stereocenters. The zero-order valence-electron chi connectivity index (χ0n) is 10.4. The second-order valence-corrected chi connectivity index (χ2v) is 5.55. The molecule has 1 aromatic heterocycles. The van der Waals surface area contributed by atoms with Crippen molar-refractivity contribution in [1.29, 1.82) is 0 Å². The fourth-order valence-corrected chi connectivity index (χ4v) is 2.27. The molecule has 2 rings (SSSR count). The van der Waals surface area contributed by atoms with E-state index in [1.165, 1.54) is 0 Å². The van der Waals surface area contributed by atoms with Crippen molar-refractivity contribution >= 4 is 17.6 Å². The van der Waals surface area contributed by atoms with E-state index < -0.39 is 0 Å². The van der Waals surface area contributed by atoms with Crippen LogP contribution in [0.4, 0.5) is 5.82 Å². The third-order valence-corrected chi connectivity index (χ3v) is 3.89. The van der Waals surface area contributed by atoms with Gasteiger partial charge in [-0.25, -0.2) is 9.97 Å². The Morgan fingerprint density at radius 3 is 2.88 bits per heavy atom. The van der Waals surface area contributed by atoms with Gasteiger partial charge in [-0.2, -0.15) is 0 Å². The van der Waals surface area contributed by atoms with Gasteiger partial charge in [0.15, 0.2) is 0 Å². The average Bonchev–Trinajstić information content (AvgIpc) is 2.38. The molecule has 1 N–H and O–H groups in total. The predicted molar refractivity (Wildman–Crippen MR) is 70.5 cm³/mol. The Morgan fingerprint density at radius 2 is 2.18 bits per heavy atom. The van der Waals surface area contributed by atoms with Crippen molar-refractivity contribution in [3.8, 4) is 0 Å². The van der Waals surface area contributed by atoms with Gasteiger partial charge >= 0.3 is 0 Å². The number of ether oxygens (including phenoxy) is 1. The van der Waals surface area contributed by atoms with E-state index in [0.29, 0.717) is 5.41 Å². The van der Waals surface area contributed by atoms with E-state index in [-0.39, 0.29) is 0 Å². The fourth-order valence-electron chi connectivity index (χ4n) is 1.89. The minimum absolute atomic E-state index is 0.322. The molecule has 1 aromatic rings. The summed E-state index contributed by atoms with van der Waals surface area (Å²) in [5, 5.41) is 4.41. The number of rotatable bonds is 4. The molecule has 0 aliphatic carbocycles. The highest BCUT2D eigenvalue weighted by atomic mass is 32.2. The third-order valence-electron chi connectivity index (χ3n) is 3.25. The molecule has 0 aromatic carbocycles. The monoisotopic (exact) mass is 253 g/mol. The second-order valence-electron chi connectivity index (χ2n) is 4.72. The summed E-state index contributed by atoms with van der Waals surface area (Å²) in [6.07, 6.45) is 5.85. The quantitative estimate of drug-likeness (QED) is 0.659. The molecule has 0 atom stereocenters. The summed E-state index contributed by atoms with van der Waals surface area (Å²) in [7, 11) is 0. The molecule has 17 heavy (non-hydrogen) atoms. The minimum atomic E-state index is 0.322. The Balaban J connectivity index is 1.92. The molecule has 0 bridgehead atoms. The Labute approximate surface area is 107 Å². The highest BCUT2D eigenvalue weighted by Crippen LogP contribution is 2.29. The van der Waals surface area contributed by atoms with Gasteiger partial charge in [-0.3, -0.25) is 0 Å². The Bertz CT molecular complexity index is 367. The van der Waals surface area contributed by atoms with Crippen molar-refractivity contribution < 1.29 is 4.74 Å². The van der Waals surface area contributed by atoms with Crippen LogP contribution in [0.1, 0.15) is 19.8 Å². The number of nitrogens with one attached hydrogen (secondary N) is 1. The summed E-state index contributed by atoms with van der Waals surface area (Å²) in [4.78, 5) is 8.40. The highest BCUT2D eigenvalue weighted by molar-refractivity contribution is 7.98. The van der Waals surface area contributed by atoms with Crippen LogP contribution in [-0.4, -0.2) is 36.0 Å². The molecule has 1 aliphatic rings. The van der Waals surface area contributed by atoms with Gasteiger partial charge in [-0.05, 0) is 24.5 Å². The summed E-state index contributed by atoms with van der Waals surface area (Å²) in [6, 6.07) is 1.99. The number of thioether (sulfide) groups is 1. The topological polar surface area (TPSA) is 47.0 Å². The first kappa shape index (κ1) is 12.6. The van der Waals surface area contributed by atoms with E-state index >= 15 is 0 Å². The average molecular weight is 253 g/mol. The van der Waals surface area contributed by atoms with Crippen LogP contribution < -0.4 is 5.32 Å². The first-order valence-corrected chi connectivity index (χ1v) is 7.12. The van der Waals surface area contributed by atoms with Crippen LogP contribution in [0.15, 0.2) is 17.4 Å². The molecule has 1 fully saturated rings. The van der Waals surface area contributed by atoms with Crippen LogP contribution in [0.5, 0.6) is 0 Å². The number of hydrogen-bond acceptors (Lipinski definition) is 5. The summed E-state index contributed by atoms with van der Waals surface area (Å²) >= 11 is 1.63. The molecule has 0 amide bonds. The van der Waals surface area contributed by atoms with E-state index in [1.807, 2.05) is 12.3 Å². The third kappa shape index (κ3) is 3.57. The molecule has 2 heterocycles. The van der Waals surface area contributed by atoms with E-state index in [2.05, 4.69) is 22.2 Å². The summed E-state index contributed by atoms with van der Waals surface area (Å²) < 4.78 is 5.40. The van der Waals surface area contributed by atoms with Crippen molar-refractivity contribution in [2.45, 2.75) is 24.8 Å². The van der Waals surface area contributed by atoms with Gasteiger partial charge in [-0.1, -0.05) is 6.92 Å². The highest BCUT2D eigenvalue weighted by Gasteiger charge is 2.27. The first-order valence-electron chi connectivity index (χ1n) is 5.89. The Kier molecular flexibility index (Phi) is 4.23. The zero-order valence-corrected chi connectivity index (χ0v) is 11.2. The van der Waals surface area contributed by atoms with E-state index in [1.54, 1.807) is 18.1 Å². The van der Waals surface area contributed by atoms with Crippen LogP contribution >= 0.6 is 11.8 Å². The van der Waals surface area contributed by atoms with Crippen LogP contribution in [0.25, 0.3) is 0 Å². The van der Waals surface area contributed by atoms with Gasteiger partial charge in [0.1, 0.15) is 17.2 Å². The van der Waals surface area contributed by atoms with Crippen LogP contribution in [-0.2, 0) is 4.74 Å². The lowest BCUT2D eigenvalue weighted by molar-refractivity contribution is 0.0299. The largest absolute Gasteiger partial charge is 0.381 e. The van der Waals surface area contributed by atoms with Crippen molar-refractivity contribution in [3.05, 3.63) is 12.4 Å². The molecule has 94 valence electrons. The molecule has 0 radical (unpaired) electrons. The molecule has 1 aliphatic heterocycles. The lowest BCUT2D eigenvalue weighted by Crippen LogP contribution is -2.33. The van der Waals surface area contributed by atoms with Gasteiger partial charge in [0, 0.05) is 25.8 Å². The minimum Gasteiger partial charge on any atom is -0.381 e. The normalized spacial score (nSPS) is 18.9. The van der Waals surface area contributed by atoms with Crippen molar-refractivity contribution in [2.75, 3.05) is 31.3 Å². The number of nitrogens with zero attached hydrogens (tertiary/aromatic N) is 2. The van der Waals surface area contributed by atoms with Gasteiger partial charge in [0.2, 0.25) is 0 Å². The van der Waals surface area contributed by atoms with Gasteiger partial charge in [-0.15, -0.1) is 11.8 Å². The summed E-state index contributed by atoms with van der Waals surface area (Å²) in [5.41, 5.74) is 0.322. The maximum atomic E-state index is 5.40. The molecule has 5 heteroatoms. The second kappa shape index (κ2) is 5.69. The number of anilines is 1. The van der Waals surface area contributed by atoms with Crippen molar-refractivity contribution in [1.82, 2.24) is 9.97 Å². The zero-order chi connectivity index (χ0) is 12.1. The molecule has 0 saturated carbocycles. The Morgan fingerprint density at radius 1 is 1.41 bits per heavy atom. The van der Waals surface area contributed by atoms with Crippen LogP contribution in [0.2, 0.25) is 0 Å².